The molecular weight excluding hydrogens is 249 g/mol. The largest absolute Gasteiger partial charge is 0.392 e. The maximum atomic E-state index is 13.4. The van der Waals surface area contributed by atoms with Gasteiger partial charge in [-0.15, -0.1) is 11.3 Å². The van der Waals surface area contributed by atoms with Crippen molar-refractivity contribution in [2.24, 2.45) is 0 Å². The van der Waals surface area contributed by atoms with Gasteiger partial charge >= 0.3 is 0 Å². The molecule has 96 valence electrons. The number of aliphatic hydroxyl groups excluding tert-OH is 1. The molecule has 1 aromatic carbocycles. The molecule has 4 heteroatoms. The van der Waals surface area contributed by atoms with Gasteiger partial charge in [-0.3, -0.25) is 0 Å². The molecule has 0 bridgehead atoms. The van der Waals surface area contributed by atoms with E-state index in [1.807, 2.05) is 24.1 Å². The summed E-state index contributed by atoms with van der Waals surface area (Å²) in [7, 11) is 1.93. The second-order valence-corrected chi connectivity index (χ2v) is 5.26. The first kappa shape index (κ1) is 13.1. The van der Waals surface area contributed by atoms with E-state index in [1.165, 1.54) is 17.0 Å². The number of rotatable bonds is 5. The first-order chi connectivity index (χ1) is 8.69. The van der Waals surface area contributed by atoms with Crippen LogP contribution in [0.1, 0.15) is 10.4 Å². The molecule has 0 aliphatic heterocycles. The molecule has 2 rings (SSSR count). The molecule has 2 nitrogen and oxygen atoms in total. The van der Waals surface area contributed by atoms with Crippen LogP contribution in [0.3, 0.4) is 0 Å². The zero-order chi connectivity index (χ0) is 13.0. The Morgan fingerprint density at radius 2 is 2.17 bits per heavy atom. The lowest BCUT2D eigenvalue weighted by molar-refractivity contribution is 0.281. The summed E-state index contributed by atoms with van der Waals surface area (Å²) in [4.78, 5) is 3.32. The van der Waals surface area contributed by atoms with Crippen molar-refractivity contribution in [1.82, 2.24) is 0 Å². The van der Waals surface area contributed by atoms with Gasteiger partial charge in [0.05, 0.1) is 6.61 Å². The molecule has 1 N–H and O–H groups in total. The van der Waals surface area contributed by atoms with Crippen molar-refractivity contribution in [2.45, 2.75) is 13.0 Å². The third-order valence-corrected chi connectivity index (χ3v) is 3.78. The molecule has 0 unspecified atom stereocenters. The molecule has 0 spiro atoms. The minimum Gasteiger partial charge on any atom is -0.392 e. The number of benzene rings is 1. The van der Waals surface area contributed by atoms with Crippen molar-refractivity contribution in [3.8, 4) is 0 Å². The first-order valence-electron chi connectivity index (χ1n) is 5.83. The predicted molar refractivity (Wildman–Crippen MR) is 73.6 cm³/mol. The van der Waals surface area contributed by atoms with Crippen molar-refractivity contribution < 1.29 is 9.50 Å². The Labute approximate surface area is 110 Å². The van der Waals surface area contributed by atoms with Gasteiger partial charge in [0.15, 0.2) is 0 Å². The van der Waals surface area contributed by atoms with E-state index >= 15 is 0 Å². The number of anilines is 1. The van der Waals surface area contributed by atoms with E-state index in [2.05, 4.69) is 11.4 Å². The molecule has 0 aliphatic rings. The van der Waals surface area contributed by atoms with Crippen molar-refractivity contribution in [1.29, 1.82) is 0 Å². The summed E-state index contributed by atoms with van der Waals surface area (Å²) in [6.07, 6.45) is 0.944. The summed E-state index contributed by atoms with van der Waals surface area (Å²) in [6.45, 7) is 0.693. The van der Waals surface area contributed by atoms with Crippen LogP contribution in [0.2, 0.25) is 0 Å². The summed E-state index contributed by atoms with van der Waals surface area (Å²) in [5, 5.41) is 11.1. The van der Waals surface area contributed by atoms with Crippen LogP contribution >= 0.6 is 11.3 Å². The van der Waals surface area contributed by atoms with Gasteiger partial charge in [-0.25, -0.2) is 4.39 Å². The Hall–Kier alpha value is -1.39. The van der Waals surface area contributed by atoms with E-state index in [0.717, 1.165) is 18.7 Å². The monoisotopic (exact) mass is 265 g/mol. The van der Waals surface area contributed by atoms with Crippen LogP contribution in [0.4, 0.5) is 10.1 Å². The zero-order valence-electron chi connectivity index (χ0n) is 10.3. The fraction of sp³-hybridized carbons (Fsp3) is 0.286. The van der Waals surface area contributed by atoms with Gasteiger partial charge in [0.25, 0.3) is 0 Å². The van der Waals surface area contributed by atoms with E-state index in [9.17, 15) is 4.39 Å². The molecule has 0 amide bonds. The average molecular weight is 265 g/mol. The predicted octanol–water partition coefficient (Wildman–Crippen LogP) is 3.06. The van der Waals surface area contributed by atoms with Gasteiger partial charge < -0.3 is 10.0 Å². The smallest absolute Gasteiger partial charge is 0.125 e. The molecule has 0 aliphatic carbocycles. The highest BCUT2D eigenvalue weighted by atomic mass is 32.1. The molecule has 0 atom stereocenters. The average Bonchev–Trinajstić information content (AvgIpc) is 2.88. The van der Waals surface area contributed by atoms with Gasteiger partial charge in [0.2, 0.25) is 0 Å². The fourth-order valence-corrected chi connectivity index (χ4v) is 2.51. The van der Waals surface area contributed by atoms with Crippen LogP contribution in [0, 0.1) is 5.82 Å². The Morgan fingerprint density at radius 3 is 2.83 bits per heavy atom. The summed E-state index contributed by atoms with van der Waals surface area (Å²) in [5.74, 6) is -0.306. The van der Waals surface area contributed by atoms with Gasteiger partial charge in [0.1, 0.15) is 5.82 Å². The van der Waals surface area contributed by atoms with Crippen LogP contribution in [0.5, 0.6) is 0 Å². The molecule has 0 fully saturated rings. The number of aliphatic hydroxyl groups is 1. The Bertz CT molecular complexity index is 499. The maximum Gasteiger partial charge on any atom is 0.125 e. The molecule has 2 aromatic rings. The molecular formula is C14H16FNOS. The van der Waals surface area contributed by atoms with Crippen LogP contribution in [0.25, 0.3) is 0 Å². The van der Waals surface area contributed by atoms with Crippen molar-refractivity contribution >= 4 is 17.0 Å². The minimum absolute atomic E-state index is 0.135. The Balaban J connectivity index is 2.03. The maximum absolute atomic E-state index is 13.4. The van der Waals surface area contributed by atoms with E-state index in [1.54, 1.807) is 11.3 Å². The number of hydrogen-bond donors (Lipinski definition) is 1. The highest BCUT2D eigenvalue weighted by molar-refractivity contribution is 7.09. The van der Waals surface area contributed by atoms with Gasteiger partial charge in [-0.05, 0) is 41.6 Å². The quantitative estimate of drug-likeness (QED) is 0.898. The zero-order valence-corrected chi connectivity index (χ0v) is 11.1. The first-order valence-corrected chi connectivity index (χ1v) is 6.71. The van der Waals surface area contributed by atoms with Crippen molar-refractivity contribution in [3.05, 3.63) is 52.0 Å². The second-order valence-electron chi connectivity index (χ2n) is 4.23. The van der Waals surface area contributed by atoms with Crippen molar-refractivity contribution in [3.63, 3.8) is 0 Å². The minimum atomic E-state index is -0.306. The van der Waals surface area contributed by atoms with E-state index in [4.69, 9.17) is 5.11 Å². The van der Waals surface area contributed by atoms with Gasteiger partial charge in [-0.2, -0.15) is 0 Å². The lowest BCUT2D eigenvalue weighted by atomic mass is 10.2. The molecule has 0 saturated heterocycles. The SMILES string of the molecule is CN(CCc1cccs1)c1cc(F)cc(CO)c1. The summed E-state index contributed by atoms with van der Waals surface area (Å²) in [5.41, 5.74) is 1.41. The molecule has 1 heterocycles. The second kappa shape index (κ2) is 5.98. The summed E-state index contributed by atoms with van der Waals surface area (Å²) in [6, 6.07) is 8.80. The third kappa shape index (κ3) is 3.31. The summed E-state index contributed by atoms with van der Waals surface area (Å²) < 4.78 is 13.4. The molecule has 18 heavy (non-hydrogen) atoms. The highest BCUT2D eigenvalue weighted by Crippen LogP contribution is 2.19. The fourth-order valence-electron chi connectivity index (χ4n) is 1.81. The highest BCUT2D eigenvalue weighted by Gasteiger charge is 2.05. The topological polar surface area (TPSA) is 23.5 Å². The van der Waals surface area contributed by atoms with Gasteiger partial charge in [-0.1, -0.05) is 6.07 Å². The number of nitrogens with zero attached hydrogens (tertiary/aromatic N) is 1. The number of halogens is 1. The van der Waals surface area contributed by atoms with E-state index < -0.39 is 0 Å². The van der Waals surface area contributed by atoms with Gasteiger partial charge in [0, 0.05) is 24.2 Å². The lowest BCUT2D eigenvalue weighted by Gasteiger charge is -2.19. The van der Waals surface area contributed by atoms with Crippen LogP contribution in [-0.2, 0) is 13.0 Å². The Kier molecular flexibility index (Phi) is 4.33. The van der Waals surface area contributed by atoms with E-state index in [0.29, 0.717) is 5.56 Å². The standard InChI is InChI=1S/C14H16FNOS/c1-16(5-4-14-3-2-6-18-14)13-8-11(10-17)7-12(15)9-13/h2-3,6-9,17H,4-5,10H2,1H3. The van der Waals surface area contributed by atoms with Crippen LogP contribution in [0.15, 0.2) is 35.7 Å². The van der Waals surface area contributed by atoms with Crippen LogP contribution < -0.4 is 4.90 Å². The Morgan fingerprint density at radius 1 is 1.33 bits per heavy atom. The van der Waals surface area contributed by atoms with Crippen LogP contribution in [-0.4, -0.2) is 18.7 Å². The molecule has 1 aromatic heterocycles. The molecule has 0 saturated carbocycles. The number of hydrogen-bond acceptors (Lipinski definition) is 3. The van der Waals surface area contributed by atoms with E-state index in [-0.39, 0.29) is 12.4 Å². The third-order valence-electron chi connectivity index (χ3n) is 2.84. The molecule has 0 radical (unpaired) electrons. The number of likely N-dealkylation sites (N-methyl/N-ethyl adjacent to an activating group) is 1. The number of thiophene rings is 1. The summed E-state index contributed by atoms with van der Waals surface area (Å²) >= 11 is 1.73. The van der Waals surface area contributed by atoms with Crippen molar-refractivity contribution in [2.75, 3.05) is 18.5 Å². The lowest BCUT2D eigenvalue weighted by Crippen LogP contribution is -2.20. The normalized spacial score (nSPS) is 10.6.